The molecule has 4 heteroatoms. The molecule has 0 atom stereocenters. The van der Waals surface area contributed by atoms with Gasteiger partial charge in [0.1, 0.15) is 5.69 Å². The van der Waals surface area contributed by atoms with Gasteiger partial charge in [0.2, 0.25) is 0 Å². The minimum atomic E-state index is 0.00159. The van der Waals surface area contributed by atoms with Crippen molar-refractivity contribution in [1.82, 2.24) is 10.3 Å². The highest BCUT2D eigenvalue weighted by atomic mass is 35.5. The van der Waals surface area contributed by atoms with Gasteiger partial charge in [-0.15, -0.1) is 0 Å². The van der Waals surface area contributed by atoms with Gasteiger partial charge in [0.05, 0.1) is 0 Å². The van der Waals surface area contributed by atoms with Crippen LogP contribution in [-0.2, 0) is 0 Å². The van der Waals surface area contributed by atoms with Crippen molar-refractivity contribution in [3.8, 4) is 0 Å². The molecule has 1 aromatic carbocycles. The van der Waals surface area contributed by atoms with Crippen molar-refractivity contribution < 1.29 is 4.79 Å². The van der Waals surface area contributed by atoms with Crippen molar-refractivity contribution in [3.63, 3.8) is 0 Å². The average Bonchev–Trinajstić information content (AvgIpc) is 2.76. The Morgan fingerprint density at radius 2 is 2.05 bits per heavy atom. The van der Waals surface area contributed by atoms with E-state index in [9.17, 15) is 4.79 Å². The first-order chi connectivity index (χ1) is 9.65. The zero-order chi connectivity index (χ0) is 14.1. The SMILES string of the molecule is Cc1c(C(=O)NC2CCCCC2)[nH]c2cc(Cl)ccc12. The van der Waals surface area contributed by atoms with Crippen molar-refractivity contribution in [2.75, 3.05) is 0 Å². The summed E-state index contributed by atoms with van der Waals surface area (Å²) in [5.41, 5.74) is 2.57. The molecule has 0 radical (unpaired) electrons. The molecule has 0 saturated heterocycles. The Bertz CT molecular complexity index is 641. The van der Waals surface area contributed by atoms with Crippen LogP contribution in [0.5, 0.6) is 0 Å². The number of amides is 1. The summed E-state index contributed by atoms with van der Waals surface area (Å²) in [4.78, 5) is 15.6. The predicted octanol–water partition coefficient (Wildman–Crippen LogP) is 4.19. The number of halogens is 1. The van der Waals surface area contributed by atoms with Crippen molar-refractivity contribution in [3.05, 3.63) is 34.5 Å². The molecule has 20 heavy (non-hydrogen) atoms. The fourth-order valence-corrected chi connectivity index (χ4v) is 3.21. The number of fused-ring (bicyclic) bond motifs is 1. The molecule has 3 rings (SSSR count). The zero-order valence-corrected chi connectivity index (χ0v) is 12.4. The summed E-state index contributed by atoms with van der Waals surface area (Å²) in [6.45, 7) is 1.97. The minimum absolute atomic E-state index is 0.00159. The normalized spacial score (nSPS) is 16.5. The van der Waals surface area contributed by atoms with Crippen molar-refractivity contribution >= 4 is 28.4 Å². The molecule has 2 N–H and O–H groups in total. The highest BCUT2D eigenvalue weighted by Gasteiger charge is 2.20. The first-order valence-corrected chi connectivity index (χ1v) is 7.61. The number of carbonyl (C=O) groups excluding carboxylic acids is 1. The average molecular weight is 291 g/mol. The number of hydrogen-bond donors (Lipinski definition) is 2. The fourth-order valence-electron chi connectivity index (χ4n) is 3.04. The predicted molar refractivity (Wildman–Crippen MR) is 82.4 cm³/mol. The van der Waals surface area contributed by atoms with Crippen molar-refractivity contribution in [2.24, 2.45) is 0 Å². The maximum Gasteiger partial charge on any atom is 0.268 e. The number of H-pyrrole nitrogens is 1. The summed E-state index contributed by atoms with van der Waals surface area (Å²) in [7, 11) is 0. The molecule has 0 spiro atoms. The van der Waals surface area contributed by atoms with Crippen LogP contribution in [0.25, 0.3) is 10.9 Å². The molecule has 0 unspecified atom stereocenters. The van der Waals surface area contributed by atoms with Crippen molar-refractivity contribution in [2.45, 2.75) is 45.1 Å². The van der Waals surface area contributed by atoms with E-state index in [4.69, 9.17) is 11.6 Å². The maximum absolute atomic E-state index is 12.4. The van der Waals surface area contributed by atoms with Crippen LogP contribution in [0, 0.1) is 6.92 Å². The topological polar surface area (TPSA) is 44.9 Å². The van der Waals surface area contributed by atoms with Crippen LogP contribution in [0.3, 0.4) is 0 Å². The molecule has 1 aliphatic rings. The Morgan fingerprint density at radius 1 is 1.30 bits per heavy atom. The Morgan fingerprint density at radius 3 is 2.80 bits per heavy atom. The van der Waals surface area contributed by atoms with Crippen LogP contribution in [-0.4, -0.2) is 16.9 Å². The summed E-state index contributed by atoms with van der Waals surface area (Å²) < 4.78 is 0. The van der Waals surface area contributed by atoms with Gasteiger partial charge in [0.15, 0.2) is 0 Å². The lowest BCUT2D eigenvalue weighted by Gasteiger charge is -2.22. The van der Waals surface area contributed by atoms with Gasteiger partial charge >= 0.3 is 0 Å². The second-order valence-electron chi connectivity index (χ2n) is 5.62. The monoisotopic (exact) mass is 290 g/mol. The van der Waals surface area contributed by atoms with Gasteiger partial charge in [-0.05, 0) is 37.5 Å². The molecule has 2 aromatic rings. The standard InChI is InChI=1S/C16H19ClN2O/c1-10-13-8-7-11(17)9-14(13)19-15(10)16(20)18-12-5-3-2-4-6-12/h7-9,12,19H,2-6H2,1H3,(H,18,20). The lowest BCUT2D eigenvalue weighted by atomic mass is 9.95. The van der Waals surface area contributed by atoms with E-state index in [0.29, 0.717) is 16.8 Å². The summed E-state index contributed by atoms with van der Waals surface area (Å²) >= 11 is 5.99. The highest BCUT2D eigenvalue weighted by molar-refractivity contribution is 6.31. The minimum Gasteiger partial charge on any atom is -0.350 e. The van der Waals surface area contributed by atoms with E-state index >= 15 is 0 Å². The molecule has 1 aliphatic carbocycles. The number of rotatable bonds is 2. The summed E-state index contributed by atoms with van der Waals surface area (Å²) in [6.07, 6.45) is 5.91. The van der Waals surface area contributed by atoms with E-state index in [2.05, 4.69) is 10.3 Å². The zero-order valence-electron chi connectivity index (χ0n) is 11.6. The number of benzene rings is 1. The largest absolute Gasteiger partial charge is 0.350 e. The van der Waals surface area contributed by atoms with Gasteiger partial charge in [-0.2, -0.15) is 0 Å². The third-order valence-corrected chi connectivity index (χ3v) is 4.42. The molecule has 1 saturated carbocycles. The number of aryl methyl sites for hydroxylation is 1. The third kappa shape index (κ3) is 2.55. The first kappa shape index (κ1) is 13.5. The Kier molecular flexibility index (Phi) is 3.70. The van der Waals surface area contributed by atoms with Gasteiger partial charge in [-0.1, -0.05) is 36.9 Å². The van der Waals surface area contributed by atoms with E-state index in [-0.39, 0.29) is 5.91 Å². The lowest BCUT2D eigenvalue weighted by molar-refractivity contribution is 0.0923. The van der Waals surface area contributed by atoms with Crippen LogP contribution >= 0.6 is 11.6 Å². The summed E-state index contributed by atoms with van der Waals surface area (Å²) in [5, 5.41) is 4.89. The summed E-state index contributed by atoms with van der Waals surface area (Å²) in [5.74, 6) is 0.00159. The van der Waals surface area contributed by atoms with Crippen LogP contribution in [0.1, 0.15) is 48.2 Å². The molecule has 3 nitrogen and oxygen atoms in total. The third-order valence-electron chi connectivity index (χ3n) is 4.19. The molecular formula is C16H19ClN2O. The number of hydrogen-bond acceptors (Lipinski definition) is 1. The van der Waals surface area contributed by atoms with Crippen LogP contribution < -0.4 is 5.32 Å². The number of nitrogens with one attached hydrogen (secondary N) is 2. The number of aromatic amines is 1. The van der Waals surface area contributed by atoms with Gasteiger partial charge in [0.25, 0.3) is 5.91 Å². The van der Waals surface area contributed by atoms with Gasteiger partial charge < -0.3 is 10.3 Å². The maximum atomic E-state index is 12.4. The van der Waals surface area contributed by atoms with E-state index < -0.39 is 0 Å². The Balaban J connectivity index is 1.85. The van der Waals surface area contributed by atoms with Gasteiger partial charge in [-0.3, -0.25) is 4.79 Å². The lowest BCUT2D eigenvalue weighted by Crippen LogP contribution is -2.36. The quantitative estimate of drug-likeness (QED) is 0.856. The highest BCUT2D eigenvalue weighted by Crippen LogP contribution is 2.25. The van der Waals surface area contributed by atoms with Gasteiger partial charge in [0, 0.05) is 22.0 Å². The molecule has 0 bridgehead atoms. The molecule has 1 amide bonds. The number of aromatic nitrogens is 1. The second-order valence-corrected chi connectivity index (χ2v) is 6.06. The number of carbonyl (C=O) groups is 1. The Labute approximate surface area is 123 Å². The molecular weight excluding hydrogens is 272 g/mol. The van der Waals surface area contributed by atoms with E-state index in [1.165, 1.54) is 19.3 Å². The van der Waals surface area contributed by atoms with E-state index in [0.717, 1.165) is 29.3 Å². The van der Waals surface area contributed by atoms with Crippen LogP contribution in [0.15, 0.2) is 18.2 Å². The molecule has 0 aliphatic heterocycles. The molecule has 1 aromatic heterocycles. The summed E-state index contributed by atoms with van der Waals surface area (Å²) in [6, 6.07) is 6.00. The van der Waals surface area contributed by atoms with E-state index in [1.54, 1.807) is 0 Å². The molecule has 106 valence electrons. The van der Waals surface area contributed by atoms with Crippen LogP contribution in [0.4, 0.5) is 0 Å². The Hall–Kier alpha value is -1.48. The second kappa shape index (κ2) is 5.49. The van der Waals surface area contributed by atoms with Crippen LogP contribution in [0.2, 0.25) is 5.02 Å². The molecule has 1 fully saturated rings. The van der Waals surface area contributed by atoms with E-state index in [1.807, 2.05) is 25.1 Å². The molecule has 1 heterocycles. The first-order valence-electron chi connectivity index (χ1n) is 7.24. The van der Waals surface area contributed by atoms with Crippen molar-refractivity contribution in [1.29, 1.82) is 0 Å². The smallest absolute Gasteiger partial charge is 0.268 e. The fraction of sp³-hybridized carbons (Fsp3) is 0.438. The van der Waals surface area contributed by atoms with Gasteiger partial charge in [-0.25, -0.2) is 0 Å².